The molecule has 6 heteroatoms. The van der Waals surface area contributed by atoms with Crippen molar-refractivity contribution in [2.24, 2.45) is 0 Å². The van der Waals surface area contributed by atoms with Crippen molar-refractivity contribution in [3.8, 4) is 5.75 Å². The number of nitrogens with zero attached hydrogens (tertiary/aromatic N) is 3. The van der Waals surface area contributed by atoms with Crippen molar-refractivity contribution in [3.63, 3.8) is 0 Å². The fourth-order valence-corrected chi connectivity index (χ4v) is 2.27. The Labute approximate surface area is 136 Å². The number of anilines is 1. The molecule has 1 aromatic carbocycles. The van der Waals surface area contributed by atoms with E-state index in [9.17, 15) is 4.79 Å². The Morgan fingerprint density at radius 1 is 1.30 bits per heavy atom. The summed E-state index contributed by atoms with van der Waals surface area (Å²) in [6.07, 6.45) is 0.932. The third-order valence-corrected chi connectivity index (χ3v) is 3.48. The number of benzene rings is 1. The molecule has 0 saturated heterocycles. The first-order chi connectivity index (χ1) is 10.9. The summed E-state index contributed by atoms with van der Waals surface area (Å²) in [5.41, 5.74) is 8.39. The highest BCUT2D eigenvalue weighted by Gasteiger charge is 2.20. The summed E-state index contributed by atoms with van der Waals surface area (Å²) in [5.74, 6) is 0.713. The van der Waals surface area contributed by atoms with Crippen LogP contribution in [0.15, 0.2) is 24.3 Å². The van der Waals surface area contributed by atoms with Crippen LogP contribution in [0.25, 0.3) is 0 Å². The Kier molecular flexibility index (Phi) is 5.16. The molecule has 0 spiro atoms. The van der Waals surface area contributed by atoms with Gasteiger partial charge in [0.05, 0.1) is 17.0 Å². The Morgan fingerprint density at radius 3 is 2.70 bits per heavy atom. The molecule has 0 fully saturated rings. The third kappa shape index (κ3) is 3.97. The monoisotopic (exact) mass is 314 g/mol. The fourth-order valence-electron chi connectivity index (χ4n) is 2.27. The lowest BCUT2D eigenvalue weighted by atomic mass is 10.1. The zero-order chi connectivity index (χ0) is 17.0. The first-order valence-electron chi connectivity index (χ1n) is 7.48. The Balaban J connectivity index is 2.29. The quantitative estimate of drug-likeness (QED) is 0.915. The second-order valence-electron chi connectivity index (χ2n) is 5.48. The second kappa shape index (κ2) is 7.09. The van der Waals surface area contributed by atoms with Gasteiger partial charge in [-0.05, 0) is 31.0 Å². The minimum atomic E-state index is -0.164. The molecule has 0 aliphatic heterocycles. The van der Waals surface area contributed by atoms with Crippen LogP contribution >= 0.6 is 0 Å². The van der Waals surface area contributed by atoms with E-state index in [0.29, 0.717) is 17.0 Å². The summed E-state index contributed by atoms with van der Waals surface area (Å²) >= 11 is 0. The molecule has 0 atom stereocenters. The molecule has 0 unspecified atom stereocenters. The maximum absolute atomic E-state index is 12.4. The lowest BCUT2D eigenvalue weighted by Gasteiger charge is -2.16. The maximum atomic E-state index is 12.4. The molecule has 2 rings (SSSR count). The number of nitrogens with two attached hydrogens (primary N) is 1. The second-order valence-corrected chi connectivity index (χ2v) is 5.48. The molecule has 0 radical (unpaired) electrons. The zero-order valence-corrected chi connectivity index (χ0v) is 14.0. The molecule has 23 heavy (non-hydrogen) atoms. The van der Waals surface area contributed by atoms with Crippen LogP contribution < -0.4 is 10.5 Å². The summed E-state index contributed by atoms with van der Waals surface area (Å²) in [6.45, 7) is 3.99. The van der Waals surface area contributed by atoms with Gasteiger partial charge in [0.15, 0.2) is 0 Å². The van der Waals surface area contributed by atoms with Crippen molar-refractivity contribution in [2.45, 2.75) is 26.9 Å². The number of aromatic nitrogens is 2. The van der Waals surface area contributed by atoms with E-state index in [1.165, 1.54) is 10.5 Å². The number of nitrogen functional groups attached to an aromatic ring is 1. The predicted octanol–water partition coefficient (Wildman–Crippen LogP) is 2.21. The molecule has 0 aliphatic carbocycles. The van der Waals surface area contributed by atoms with Crippen LogP contribution in [0.2, 0.25) is 0 Å². The average Bonchev–Trinajstić information content (AvgIpc) is 2.52. The van der Waals surface area contributed by atoms with E-state index in [-0.39, 0.29) is 18.5 Å². The molecule has 2 aromatic rings. The van der Waals surface area contributed by atoms with E-state index < -0.39 is 0 Å². The lowest BCUT2D eigenvalue weighted by Crippen LogP contribution is -2.26. The Bertz CT molecular complexity index is 714. The number of carbonyl (C=O) groups is 1. The summed E-state index contributed by atoms with van der Waals surface area (Å²) < 4.78 is 5.80. The van der Waals surface area contributed by atoms with Gasteiger partial charge in [0, 0.05) is 14.1 Å². The highest BCUT2D eigenvalue weighted by molar-refractivity contribution is 5.96. The molecule has 6 nitrogen and oxygen atoms in total. The molecular weight excluding hydrogens is 292 g/mol. The lowest BCUT2D eigenvalue weighted by molar-refractivity contribution is 0.0823. The zero-order valence-electron chi connectivity index (χ0n) is 14.0. The first-order valence-corrected chi connectivity index (χ1v) is 7.48. The molecule has 0 saturated carbocycles. The smallest absolute Gasteiger partial charge is 0.257 e. The van der Waals surface area contributed by atoms with Crippen molar-refractivity contribution in [1.29, 1.82) is 0 Å². The summed E-state index contributed by atoms with van der Waals surface area (Å²) in [4.78, 5) is 22.1. The van der Waals surface area contributed by atoms with Gasteiger partial charge in [-0.15, -0.1) is 0 Å². The van der Waals surface area contributed by atoms with Crippen LogP contribution in [0, 0.1) is 6.92 Å². The molecule has 0 aliphatic rings. The molecule has 0 bridgehead atoms. The van der Waals surface area contributed by atoms with Crippen molar-refractivity contribution in [1.82, 2.24) is 14.9 Å². The Morgan fingerprint density at radius 2 is 2.04 bits per heavy atom. The van der Waals surface area contributed by atoms with Gasteiger partial charge in [0.25, 0.3) is 5.91 Å². The number of ether oxygens (including phenoxy) is 1. The minimum Gasteiger partial charge on any atom is -0.487 e. The van der Waals surface area contributed by atoms with Gasteiger partial charge in [-0.2, -0.15) is 0 Å². The number of hydrogen-bond donors (Lipinski definition) is 1. The van der Waals surface area contributed by atoms with Crippen LogP contribution in [0.4, 0.5) is 5.95 Å². The van der Waals surface area contributed by atoms with Gasteiger partial charge in [-0.25, -0.2) is 9.97 Å². The molecule has 2 N–H and O–H groups in total. The van der Waals surface area contributed by atoms with Crippen molar-refractivity contribution < 1.29 is 9.53 Å². The first kappa shape index (κ1) is 16.7. The van der Waals surface area contributed by atoms with Gasteiger partial charge < -0.3 is 15.4 Å². The highest BCUT2D eigenvalue weighted by atomic mass is 16.5. The van der Waals surface area contributed by atoms with E-state index >= 15 is 0 Å². The molecule has 122 valence electrons. The largest absolute Gasteiger partial charge is 0.487 e. The number of amides is 1. The van der Waals surface area contributed by atoms with Gasteiger partial charge >= 0.3 is 0 Å². The number of rotatable bonds is 5. The van der Waals surface area contributed by atoms with Crippen LogP contribution in [0.3, 0.4) is 0 Å². The maximum Gasteiger partial charge on any atom is 0.257 e. The fraction of sp³-hybridized carbons (Fsp3) is 0.353. The van der Waals surface area contributed by atoms with Gasteiger partial charge in [0.2, 0.25) is 5.95 Å². The average molecular weight is 314 g/mol. The number of carbonyl (C=O) groups excluding carboxylic acids is 1. The third-order valence-electron chi connectivity index (χ3n) is 3.48. The summed E-state index contributed by atoms with van der Waals surface area (Å²) in [7, 11) is 3.38. The van der Waals surface area contributed by atoms with E-state index in [4.69, 9.17) is 10.5 Å². The topological polar surface area (TPSA) is 81.3 Å². The summed E-state index contributed by atoms with van der Waals surface area (Å²) in [5, 5.41) is 0. The highest BCUT2D eigenvalue weighted by Crippen LogP contribution is 2.19. The van der Waals surface area contributed by atoms with E-state index in [2.05, 4.69) is 16.9 Å². The molecule has 1 heterocycles. The van der Waals surface area contributed by atoms with E-state index in [0.717, 1.165) is 12.2 Å². The van der Waals surface area contributed by atoms with Crippen LogP contribution in [0.1, 0.15) is 34.2 Å². The standard InChI is InChI=1S/C17H22N4O2/c1-5-12-7-6-8-13(9-12)23-10-14-15(16(22)21(3)4)11(2)19-17(18)20-14/h6-9H,5,10H2,1-4H3,(H2,18,19,20). The SMILES string of the molecule is CCc1cccc(OCc2nc(N)nc(C)c2C(=O)N(C)C)c1. The molecule has 1 aromatic heterocycles. The van der Waals surface area contributed by atoms with Crippen LogP contribution in [-0.4, -0.2) is 34.9 Å². The van der Waals surface area contributed by atoms with Gasteiger partial charge in [0.1, 0.15) is 12.4 Å². The van der Waals surface area contributed by atoms with E-state index in [1.54, 1.807) is 21.0 Å². The predicted molar refractivity (Wildman–Crippen MR) is 89.4 cm³/mol. The summed E-state index contributed by atoms with van der Waals surface area (Å²) in [6, 6.07) is 7.84. The minimum absolute atomic E-state index is 0.138. The van der Waals surface area contributed by atoms with Crippen molar-refractivity contribution >= 4 is 11.9 Å². The molecule has 1 amide bonds. The van der Waals surface area contributed by atoms with Gasteiger partial charge in [-0.1, -0.05) is 19.1 Å². The normalized spacial score (nSPS) is 10.4. The van der Waals surface area contributed by atoms with Crippen molar-refractivity contribution in [3.05, 3.63) is 46.8 Å². The molecular formula is C17H22N4O2. The van der Waals surface area contributed by atoms with E-state index in [1.807, 2.05) is 24.3 Å². The Hall–Kier alpha value is -2.63. The number of hydrogen-bond acceptors (Lipinski definition) is 5. The number of aryl methyl sites for hydroxylation is 2. The van der Waals surface area contributed by atoms with Crippen molar-refractivity contribution in [2.75, 3.05) is 19.8 Å². The van der Waals surface area contributed by atoms with Crippen LogP contribution in [-0.2, 0) is 13.0 Å². The van der Waals surface area contributed by atoms with Crippen LogP contribution in [0.5, 0.6) is 5.75 Å². The van der Waals surface area contributed by atoms with Gasteiger partial charge in [-0.3, -0.25) is 4.79 Å².